The molecule has 1 heterocycles. The lowest BCUT2D eigenvalue weighted by atomic mass is 9.85. The molecule has 1 saturated heterocycles. The number of primary amides is 1. The molecule has 2 rings (SSSR count). The van der Waals surface area contributed by atoms with Crippen LogP contribution in [0.3, 0.4) is 0 Å². The summed E-state index contributed by atoms with van der Waals surface area (Å²) in [5.41, 5.74) is 17.8. The van der Waals surface area contributed by atoms with Crippen LogP contribution >= 0.6 is 23.5 Å². The van der Waals surface area contributed by atoms with Gasteiger partial charge in [-0.25, -0.2) is 0 Å². The fourth-order valence-electron chi connectivity index (χ4n) is 9.30. The number of ketones is 3. The number of aliphatic imine (C=N–C) groups is 1. The zero-order valence-electron chi connectivity index (χ0n) is 48.5. The van der Waals surface area contributed by atoms with Crippen molar-refractivity contribution in [3.63, 3.8) is 0 Å². The summed E-state index contributed by atoms with van der Waals surface area (Å²) < 4.78 is 10.4. The largest absolute Gasteiger partial charge is 0.508 e. The summed E-state index contributed by atoms with van der Waals surface area (Å²) in [6.45, 7) is 6.31. The van der Waals surface area contributed by atoms with Crippen molar-refractivity contribution in [2.75, 3.05) is 83.2 Å². The van der Waals surface area contributed by atoms with Gasteiger partial charge in [0.15, 0.2) is 17.5 Å². The van der Waals surface area contributed by atoms with E-state index in [0.29, 0.717) is 115 Å². The van der Waals surface area contributed by atoms with Gasteiger partial charge in [0.2, 0.25) is 35.4 Å². The first kappa shape index (κ1) is 71.8. The van der Waals surface area contributed by atoms with Gasteiger partial charge in [0.1, 0.15) is 11.5 Å². The average molecular weight is 1180 g/mol. The van der Waals surface area contributed by atoms with Gasteiger partial charge in [0, 0.05) is 77.2 Å². The molecule has 458 valence electrons. The second-order valence-corrected chi connectivity index (χ2v) is 22.8. The standard InChI is InChI=1S/C57H96N10O12S2/c1-5-39(2)54-49(71)23-17-42(12-6-8-28-62-52(74)37-80-4)47(69)22-18-43(13-7-9-27-61-50(72)25-31-79-33-32-78-3)56(77)66-45(26-34-81-38-53(75)63-30-24-51(73)67-54)48(70)21-16-41(11-10-29-64-57(59)60)36-65-46(55(58)76)35-40-14-19-44(68)20-15-40/h14-15,19-20,39,41-43,45-46,54,65,68H,5-13,16-18,21-38H2,1-4H3,(H2,58,76)(H,61,72)(H,62,74)(H,63,75)(H,66,77)(H,67,73)(H4,59,60,64)/t39-,41+,42+,43+,45-,46-,54-/m0/s1. The highest BCUT2D eigenvalue weighted by Gasteiger charge is 2.31. The molecule has 0 saturated carbocycles. The molecule has 0 unspecified atom stereocenters. The third kappa shape index (κ3) is 33.4. The van der Waals surface area contributed by atoms with E-state index in [1.165, 1.54) is 35.7 Å². The topological polar surface area (TPSA) is 355 Å². The number of thioether (sulfide) groups is 2. The molecule has 0 spiro atoms. The minimum atomic E-state index is -0.963. The van der Waals surface area contributed by atoms with Crippen molar-refractivity contribution in [3.05, 3.63) is 29.8 Å². The van der Waals surface area contributed by atoms with Crippen LogP contribution in [0.25, 0.3) is 0 Å². The normalized spacial score (nSPS) is 19.5. The molecule has 1 aromatic carbocycles. The number of Topliss-reactive ketones (excluding diaryl/α,β-unsaturated/α-hetero) is 3. The molecule has 0 bridgehead atoms. The molecule has 81 heavy (non-hydrogen) atoms. The van der Waals surface area contributed by atoms with Crippen LogP contribution in [0, 0.1) is 23.7 Å². The van der Waals surface area contributed by atoms with Crippen molar-refractivity contribution in [1.29, 1.82) is 0 Å². The van der Waals surface area contributed by atoms with Crippen LogP contribution in [-0.2, 0) is 59.0 Å². The summed E-state index contributed by atoms with van der Waals surface area (Å²) in [7, 11) is 1.56. The first-order chi connectivity index (χ1) is 38.9. The van der Waals surface area contributed by atoms with Gasteiger partial charge in [0.25, 0.3) is 0 Å². The van der Waals surface area contributed by atoms with E-state index >= 15 is 0 Å². The molecule has 24 heteroatoms. The molecule has 1 aliphatic rings. The number of phenolic OH excluding ortho intramolecular Hbond substituents is 1. The van der Waals surface area contributed by atoms with Crippen molar-refractivity contribution in [2.45, 2.75) is 154 Å². The molecule has 13 N–H and O–H groups in total. The molecule has 22 nitrogen and oxygen atoms in total. The van der Waals surface area contributed by atoms with Crippen LogP contribution in [0.1, 0.15) is 135 Å². The van der Waals surface area contributed by atoms with E-state index < -0.39 is 41.8 Å². The second-order valence-electron chi connectivity index (χ2n) is 20.9. The lowest BCUT2D eigenvalue weighted by molar-refractivity contribution is -0.131. The molecule has 0 aliphatic carbocycles. The molecule has 0 aromatic heterocycles. The van der Waals surface area contributed by atoms with E-state index in [9.17, 15) is 48.3 Å². The SMILES string of the molecule is CC[C@H](C)[C@@H]1NC(=O)CCNC(=O)CSCC[C@@H](C(=O)CC[C@@H](CCCN=C(N)N)CN[C@@H](Cc2ccc(O)cc2)C(N)=O)NC(=O)[C@H](CCCCNC(=O)CCOCCOC)CCC(=O)[C@H](CCCCNC(=O)CSC)CCC1=O. The number of hydrogen-bond acceptors (Lipinski definition) is 16. The third-order valence-corrected chi connectivity index (χ3v) is 15.9. The summed E-state index contributed by atoms with van der Waals surface area (Å²) >= 11 is 2.69. The Morgan fingerprint density at radius 1 is 0.815 bits per heavy atom. The number of hydrogen-bond donors (Lipinski definition) is 10. The van der Waals surface area contributed by atoms with Crippen LogP contribution in [-0.4, -0.2) is 165 Å². The van der Waals surface area contributed by atoms with E-state index in [4.69, 9.17) is 26.7 Å². The number of carbonyl (C=O) groups excluding carboxylic acids is 9. The van der Waals surface area contributed by atoms with Crippen LogP contribution in [0.2, 0.25) is 0 Å². The minimum Gasteiger partial charge on any atom is -0.508 e. The number of ether oxygens (including phenoxy) is 2. The Morgan fingerprint density at radius 2 is 1.49 bits per heavy atom. The van der Waals surface area contributed by atoms with Gasteiger partial charge in [-0.1, -0.05) is 45.2 Å². The monoisotopic (exact) mass is 1180 g/mol. The highest BCUT2D eigenvalue weighted by atomic mass is 32.2. The fraction of sp³-hybridized carbons (Fsp3) is 0.719. The predicted octanol–water partition coefficient (Wildman–Crippen LogP) is 2.98. The Kier molecular flexibility index (Phi) is 38.5. The van der Waals surface area contributed by atoms with Crippen molar-refractivity contribution >= 4 is 82.3 Å². The zero-order chi connectivity index (χ0) is 59.8. The Labute approximate surface area is 488 Å². The fourth-order valence-corrected chi connectivity index (χ4v) is 10.5. The molecule has 6 amide bonds. The van der Waals surface area contributed by atoms with Gasteiger partial charge in [-0.3, -0.25) is 48.1 Å². The summed E-state index contributed by atoms with van der Waals surface area (Å²) in [6.07, 6.45) is 8.05. The number of nitrogens with two attached hydrogens (primary N) is 3. The van der Waals surface area contributed by atoms with Gasteiger partial charge < -0.3 is 63.7 Å². The highest BCUT2D eigenvalue weighted by molar-refractivity contribution is 8.00. The average Bonchev–Trinajstić information content (AvgIpc) is 3.43. The maximum atomic E-state index is 14.6. The number of carbonyl (C=O) groups is 9. The number of benzene rings is 1. The Hall–Kier alpha value is -5.30. The number of phenols is 1. The van der Waals surface area contributed by atoms with Crippen molar-refractivity contribution in [2.24, 2.45) is 45.9 Å². The molecular formula is C57H96N10O12S2. The van der Waals surface area contributed by atoms with Crippen molar-refractivity contribution in [3.8, 4) is 5.75 Å². The van der Waals surface area contributed by atoms with Crippen LogP contribution in [0.15, 0.2) is 29.3 Å². The number of rotatable bonds is 34. The minimum absolute atomic E-state index is 0.0177. The summed E-state index contributed by atoms with van der Waals surface area (Å²) in [5, 5.41) is 27.6. The van der Waals surface area contributed by atoms with E-state index in [2.05, 4.69) is 36.9 Å². The maximum absolute atomic E-state index is 14.6. The van der Waals surface area contributed by atoms with Crippen molar-refractivity contribution in [1.82, 2.24) is 31.9 Å². The van der Waals surface area contributed by atoms with Gasteiger partial charge in [-0.05, 0) is 119 Å². The van der Waals surface area contributed by atoms with Crippen LogP contribution in [0.4, 0.5) is 0 Å². The number of aromatic hydroxyl groups is 1. The smallest absolute Gasteiger partial charge is 0.234 e. The van der Waals surface area contributed by atoms with E-state index in [1.54, 1.807) is 19.2 Å². The lowest BCUT2D eigenvalue weighted by Gasteiger charge is -2.25. The van der Waals surface area contributed by atoms with Crippen LogP contribution in [0.5, 0.6) is 5.75 Å². The predicted molar refractivity (Wildman–Crippen MR) is 318 cm³/mol. The molecule has 7 atom stereocenters. The Morgan fingerprint density at radius 3 is 2.16 bits per heavy atom. The molecule has 1 aliphatic heterocycles. The number of methoxy groups -OCH3 is 1. The second kappa shape index (κ2) is 43.4. The van der Waals surface area contributed by atoms with E-state index in [1.807, 2.05) is 20.1 Å². The van der Waals surface area contributed by atoms with E-state index in [-0.39, 0.29) is 141 Å². The highest BCUT2D eigenvalue weighted by Crippen LogP contribution is 2.25. The Balaban J connectivity index is 2.47. The third-order valence-electron chi connectivity index (χ3n) is 14.4. The number of nitrogens with one attached hydrogen (secondary N) is 6. The number of amides is 6. The first-order valence-electron chi connectivity index (χ1n) is 28.8. The number of nitrogens with zero attached hydrogens (tertiary/aromatic N) is 1. The van der Waals surface area contributed by atoms with Gasteiger partial charge in [-0.15, -0.1) is 0 Å². The zero-order valence-corrected chi connectivity index (χ0v) is 50.1. The van der Waals surface area contributed by atoms with Crippen LogP contribution < -0.4 is 49.1 Å². The van der Waals surface area contributed by atoms with Gasteiger partial charge in [-0.2, -0.15) is 23.5 Å². The quantitative estimate of drug-likeness (QED) is 0.0269. The number of guanidine groups is 1. The van der Waals surface area contributed by atoms with Crippen molar-refractivity contribution < 1.29 is 57.7 Å². The molecule has 0 radical (unpaired) electrons. The summed E-state index contributed by atoms with van der Waals surface area (Å²) in [6, 6.07) is 3.96. The van der Waals surface area contributed by atoms with Gasteiger partial charge >= 0.3 is 0 Å². The summed E-state index contributed by atoms with van der Waals surface area (Å²) in [5.74, 6) is -3.41. The molecule has 1 fully saturated rings. The van der Waals surface area contributed by atoms with E-state index in [0.717, 1.165) is 5.56 Å². The Bertz CT molecular complexity index is 2100. The molecular weight excluding hydrogens is 1080 g/mol. The number of unbranched alkanes of at least 4 members (excludes halogenated alkanes) is 2. The molecule has 1 aromatic rings. The maximum Gasteiger partial charge on any atom is 0.234 e. The lowest BCUT2D eigenvalue weighted by Crippen LogP contribution is -2.46. The summed E-state index contributed by atoms with van der Waals surface area (Å²) in [4.78, 5) is 125. The van der Waals surface area contributed by atoms with Gasteiger partial charge in [0.05, 0.1) is 49.5 Å². The first-order valence-corrected chi connectivity index (χ1v) is 31.4.